The Kier molecular flexibility index (Phi) is 17.7. The van der Waals surface area contributed by atoms with Crippen molar-refractivity contribution in [3.8, 4) is 12.1 Å². The first-order chi connectivity index (χ1) is 24.0. The number of nitrogens with two attached hydrogens (primary N) is 2. The lowest BCUT2D eigenvalue weighted by atomic mass is 10.4. The first-order valence-electron chi connectivity index (χ1n) is 13.1. The minimum Gasteiger partial charge on any atom is -0.477 e. The average Bonchev–Trinajstić information content (AvgIpc) is 3.93. The summed E-state index contributed by atoms with van der Waals surface area (Å²) in [4.78, 5) is 50.7. The number of fused-ring (bicyclic) bond motifs is 2. The van der Waals surface area contributed by atoms with Gasteiger partial charge in [0.1, 0.15) is 41.3 Å². The molecule has 14 nitrogen and oxygen atoms in total. The molecule has 6 rings (SSSR count). The number of anilines is 2. The van der Waals surface area contributed by atoms with Gasteiger partial charge in [-0.3, -0.25) is 4.79 Å². The van der Waals surface area contributed by atoms with Crippen molar-refractivity contribution in [1.29, 1.82) is 10.5 Å². The summed E-state index contributed by atoms with van der Waals surface area (Å²) < 4.78 is 10.8. The Morgan fingerprint density at radius 2 is 1.20 bits per heavy atom. The molecule has 0 aliphatic rings. The second kappa shape index (κ2) is 20.6. The SMILES string of the molecule is COC(=O)CS.COC(=O)c1sc2nc(C)sc2c1N.Cc1nc(Cl)c(C#N)s1.Cc1nc2sc(C(=O)O)c(N)c2s1.N#Cc1sc(Cl)nc1Cl. The molecule has 0 atom stereocenters. The lowest BCUT2D eigenvalue weighted by Gasteiger charge is -1.95. The van der Waals surface area contributed by atoms with Crippen molar-refractivity contribution < 1.29 is 29.0 Å². The molecule has 270 valence electrons. The highest BCUT2D eigenvalue weighted by atomic mass is 35.5. The molecule has 0 amide bonds. The molecule has 0 spiro atoms. The Morgan fingerprint density at radius 3 is 1.49 bits per heavy atom. The molecule has 24 heteroatoms. The van der Waals surface area contributed by atoms with Gasteiger partial charge in [-0.1, -0.05) is 46.1 Å². The Labute approximate surface area is 334 Å². The summed E-state index contributed by atoms with van der Waals surface area (Å²) in [5, 5.41) is 28.6. The lowest BCUT2D eigenvalue weighted by molar-refractivity contribution is -0.137. The number of carbonyl (C=O) groups is 3. The van der Waals surface area contributed by atoms with E-state index in [1.807, 2.05) is 32.9 Å². The predicted molar refractivity (Wildman–Crippen MR) is 211 cm³/mol. The fourth-order valence-corrected chi connectivity index (χ4v) is 9.43. The van der Waals surface area contributed by atoms with E-state index >= 15 is 0 Å². The Hall–Kier alpha value is -3.35. The minimum absolute atomic E-state index is 0.163. The van der Waals surface area contributed by atoms with Crippen LogP contribution in [-0.4, -0.2) is 62.9 Å². The third kappa shape index (κ3) is 12.4. The summed E-state index contributed by atoms with van der Waals surface area (Å²) in [6, 6.07) is 3.80. The van der Waals surface area contributed by atoms with Gasteiger partial charge in [0.05, 0.1) is 55.8 Å². The van der Waals surface area contributed by atoms with Crippen LogP contribution in [0.25, 0.3) is 19.1 Å². The fourth-order valence-electron chi connectivity index (χ4n) is 3.09. The number of halogens is 3. The highest BCUT2D eigenvalue weighted by Crippen LogP contribution is 2.38. The number of nitriles is 2. The van der Waals surface area contributed by atoms with Gasteiger partial charge in [-0.15, -0.1) is 56.7 Å². The van der Waals surface area contributed by atoms with E-state index < -0.39 is 11.9 Å². The zero-order valence-corrected chi connectivity index (χ0v) is 34.6. The monoisotopic (exact) mass is 884 g/mol. The van der Waals surface area contributed by atoms with Gasteiger partial charge < -0.3 is 26.0 Å². The number of methoxy groups -OCH3 is 2. The number of carboxylic acids is 1. The Morgan fingerprint density at radius 1 is 0.745 bits per heavy atom. The second-order valence-electron chi connectivity index (χ2n) is 8.62. The maximum Gasteiger partial charge on any atom is 0.350 e. The minimum atomic E-state index is -0.981. The van der Waals surface area contributed by atoms with Gasteiger partial charge in [-0.25, -0.2) is 29.5 Å². The molecule has 5 N–H and O–H groups in total. The zero-order chi connectivity index (χ0) is 38.6. The van der Waals surface area contributed by atoms with Crippen molar-refractivity contribution in [1.82, 2.24) is 19.9 Å². The molecule has 0 aliphatic heterocycles. The molecule has 6 aromatic rings. The van der Waals surface area contributed by atoms with Crippen LogP contribution in [-0.2, 0) is 14.3 Å². The molecule has 0 aromatic carbocycles. The van der Waals surface area contributed by atoms with Crippen LogP contribution in [0.15, 0.2) is 0 Å². The standard InChI is InChI=1S/C8H8N2O2S2.C7H6N2O2S2.C5H3ClN2S.C4Cl2N2S.C3H6O2S/c1-3-10-7-5(13-3)4(9)6(14-7)8(11)12-2;1-2-9-6-4(12-2)3(8)5(13-6)7(10)11;1-3-8-5(6)4(2-7)9-3;5-3-2(1-7)9-4(6)8-3;1-5-3(4)2-6/h9H2,1-2H3;8H2,1H3,(H,10,11);1H3;;6H,2H2,1H3. The van der Waals surface area contributed by atoms with Crippen LogP contribution in [0, 0.1) is 43.4 Å². The summed E-state index contributed by atoms with van der Waals surface area (Å²) in [6.45, 7) is 5.60. The van der Waals surface area contributed by atoms with Gasteiger partial charge in [-0.05, 0) is 20.8 Å². The highest BCUT2D eigenvalue weighted by molar-refractivity contribution is 7.81. The molecule has 51 heavy (non-hydrogen) atoms. The molecule has 0 unspecified atom stereocenters. The molecule has 0 radical (unpaired) electrons. The van der Waals surface area contributed by atoms with Crippen molar-refractivity contribution in [2.45, 2.75) is 20.8 Å². The zero-order valence-electron chi connectivity index (χ0n) is 26.6. The number of hydrogen-bond acceptors (Lipinski definition) is 20. The summed E-state index contributed by atoms with van der Waals surface area (Å²) in [5.74, 6) is -1.50. The van der Waals surface area contributed by atoms with Gasteiger partial charge in [0, 0.05) is 0 Å². The van der Waals surface area contributed by atoms with Crippen molar-refractivity contribution >= 4 is 164 Å². The van der Waals surface area contributed by atoms with E-state index in [4.69, 9.17) is 61.9 Å². The molecule has 0 saturated heterocycles. The van der Waals surface area contributed by atoms with E-state index in [9.17, 15) is 14.4 Å². The number of aromatic nitrogens is 4. The number of nitrogens with zero attached hydrogens (tertiary/aromatic N) is 6. The smallest absolute Gasteiger partial charge is 0.350 e. The Bertz CT molecular complexity index is 2180. The highest BCUT2D eigenvalue weighted by Gasteiger charge is 2.19. The Balaban J connectivity index is 0.000000228. The maximum atomic E-state index is 11.3. The van der Waals surface area contributed by atoms with Crippen LogP contribution in [0.4, 0.5) is 11.4 Å². The molecular formula is C27H23Cl3N8O6S7. The molecule has 0 aliphatic carbocycles. The van der Waals surface area contributed by atoms with Crippen molar-refractivity contribution in [3.05, 3.63) is 49.3 Å². The number of esters is 2. The number of hydrogen-bond donors (Lipinski definition) is 4. The number of aryl methyl sites for hydroxylation is 3. The maximum absolute atomic E-state index is 11.3. The van der Waals surface area contributed by atoms with E-state index in [2.05, 4.69) is 42.0 Å². The predicted octanol–water partition coefficient (Wildman–Crippen LogP) is 8.37. The quantitative estimate of drug-likeness (QED) is 0.0964. The largest absolute Gasteiger partial charge is 0.477 e. The van der Waals surface area contributed by atoms with Crippen LogP contribution in [0.2, 0.25) is 14.8 Å². The third-order valence-electron chi connectivity index (χ3n) is 5.16. The summed E-state index contributed by atoms with van der Waals surface area (Å²) in [6.07, 6.45) is 0. The number of thiazole rings is 4. The van der Waals surface area contributed by atoms with E-state index in [0.29, 0.717) is 35.6 Å². The normalized spacial score (nSPS) is 9.78. The topological polar surface area (TPSA) is 241 Å². The van der Waals surface area contributed by atoms with E-state index in [1.165, 1.54) is 59.6 Å². The summed E-state index contributed by atoms with van der Waals surface area (Å²) in [5.41, 5.74) is 12.3. The van der Waals surface area contributed by atoms with Crippen LogP contribution in [0.3, 0.4) is 0 Å². The van der Waals surface area contributed by atoms with Gasteiger partial charge >= 0.3 is 17.9 Å². The number of carboxylic acid groups (broad SMARTS) is 1. The number of carbonyl (C=O) groups excluding carboxylic acids is 2. The molecule has 0 fully saturated rings. The number of aromatic carboxylic acids is 1. The van der Waals surface area contributed by atoms with Crippen LogP contribution in [0.5, 0.6) is 0 Å². The molecule has 6 heterocycles. The number of ether oxygens (including phenoxy) is 2. The van der Waals surface area contributed by atoms with Gasteiger partial charge in [0.2, 0.25) is 0 Å². The summed E-state index contributed by atoms with van der Waals surface area (Å²) >= 11 is 27.7. The van der Waals surface area contributed by atoms with E-state index in [0.717, 1.165) is 56.8 Å². The van der Waals surface area contributed by atoms with Gasteiger partial charge in [0.25, 0.3) is 0 Å². The van der Waals surface area contributed by atoms with E-state index in [-0.39, 0.29) is 21.8 Å². The van der Waals surface area contributed by atoms with Crippen molar-refractivity contribution in [2.75, 3.05) is 31.4 Å². The molecule has 0 saturated carbocycles. The average molecular weight is 886 g/mol. The number of thiophene rings is 2. The third-order valence-corrected chi connectivity index (χ3v) is 12.6. The van der Waals surface area contributed by atoms with Crippen LogP contribution < -0.4 is 11.5 Å². The number of thiol groups is 1. The molecule has 0 bridgehead atoms. The van der Waals surface area contributed by atoms with Crippen LogP contribution in [0.1, 0.15) is 44.1 Å². The van der Waals surface area contributed by atoms with Gasteiger partial charge in [0.15, 0.2) is 14.8 Å². The number of rotatable bonds is 3. The van der Waals surface area contributed by atoms with E-state index in [1.54, 1.807) is 0 Å². The van der Waals surface area contributed by atoms with Crippen molar-refractivity contribution in [3.63, 3.8) is 0 Å². The molecular weight excluding hydrogens is 863 g/mol. The molecule has 6 aromatic heterocycles. The first-order valence-corrected chi connectivity index (χ1v) is 19.7. The van der Waals surface area contributed by atoms with Gasteiger partial charge in [-0.2, -0.15) is 23.2 Å². The fraction of sp³-hybridized carbons (Fsp3) is 0.222. The van der Waals surface area contributed by atoms with Crippen molar-refractivity contribution in [2.24, 2.45) is 0 Å². The second-order valence-corrected chi connectivity index (χ2v) is 16.8. The number of nitrogen functional groups attached to an aromatic ring is 2. The first kappa shape index (κ1) is 43.8. The summed E-state index contributed by atoms with van der Waals surface area (Å²) in [7, 11) is 2.67. The lowest BCUT2D eigenvalue weighted by Crippen LogP contribution is -2.01. The van der Waals surface area contributed by atoms with Crippen LogP contribution >= 0.6 is 115 Å².